The summed E-state index contributed by atoms with van der Waals surface area (Å²) in [7, 11) is -3.16. The standard InChI is InChI=1S/C22H29N3O3S/c1-29(26,27)12-21-24-23-20-7-19(18(11-25(20)21)17-2-3-17)28-13-22-8-14-4-15(9-22)6-16(5-14)10-22/h7,11,14-17H,2-6,8-10,12-13H2,1H3. The van der Waals surface area contributed by atoms with E-state index in [-0.39, 0.29) is 5.75 Å². The number of nitrogens with zero attached hydrogens (tertiary/aromatic N) is 3. The van der Waals surface area contributed by atoms with Crippen molar-refractivity contribution < 1.29 is 13.2 Å². The number of fused-ring (bicyclic) bond motifs is 1. The molecule has 4 bridgehead atoms. The van der Waals surface area contributed by atoms with Crippen LogP contribution in [0.3, 0.4) is 0 Å². The normalized spacial score (nSPS) is 33.5. The molecule has 5 saturated carbocycles. The van der Waals surface area contributed by atoms with E-state index in [1.165, 1.54) is 63.2 Å². The Labute approximate surface area is 172 Å². The van der Waals surface area contributed by atoms with Crippen molar-refractivity contribution in [3.63, 3.8) is 0 Å². The fraction of sp³-hybridized carbons (Fsp3) is 0.727. The smallest absolute Gasteiger partial charge is 0.164 e. The van der Waals surface area contributed by atoms with Gasteiger partial charge in [0.25, 0.3) is 0 Å². The van der Waals surface area contributed by atoms with Crippen molar-refractivity contribution in [1.82, 2.24) is 14.6 Å². The van der Waals surface area contributed by atoms with Crippen molar-refractivity contribution in [3.05, 3.63) is 23.7 Å². The second-order valence-electron chi connectivity index (χ2n) is 10.5. The van der Waals surface area contributed by atoms with Crippen molar-refractivity contribution in [2.75, 3.05) is 12.9 Å². The maximum atomic E-state index is 11.7. The summed E-state index contributed by atoms with van der Waals surface area (Å²) < 4.78 is 31.9. The topological polar surface area (TPSA) is 73.6 Å². The van der Waals surface area contributed by atoms with Gasteiger partial charge in [0.05, 0.1) is 6.61 Å². The number of ether oxygens (including phenoxy) is 1. The minimum Gasteiger partial charge on any atom is -0.493 e. The Kier molecular flexibility index (Phi) is 3.88. The maximum absolute atomic E-state index is 11.7. The zero-order valence-electron chi connectivity index (χ0n) is 17.0. The van der Waals surface area contributed by atoms with Gasteiger partial charge in [0.15, 0.2) is 21.3 Å². The molecule has 29 heavy (non-hydrogen) atoms. The second kappa shape index (κ2) is 6.19. The van der Waals surface area contributed by atoms with E-state index < -0.39 is 9.84 Å². The van der Waals surface area contributed by atoms with E-state index in [0.29, 0.717) is 22.8 Å². The summed E-state index contributed by atoms with van der Waals surface area (Å²) in [6, 6.07) is 1.98. The van der Waals surface area contributed by atoms with Crippen molar-refractivity contribution in [3.8, 4) is 5.75 Å². The summed E-state index contributed by atoms with van der Waals surface area (Å²) in [6.45, 7) is 0.816. The lowest BCUT2D eigenvalue weighted by molar-refractivity contribution is -0.0746. The van der Waals surface area contributed by atoms with Crippen LogP contribution in [0.5, 0.6) is 5.75 Å². The second-order valence-corrected chi connectivity index (χ2v) is 12.6. The van der Waals surface area contributed by atoms with E-state index in [9.17, 15) is 8.42 Å². The minimum absolute atomic E-state index is 0.0915. The number of hydrogen-bond acceptors (Lipinski definition) is 5. The number of rotatable bonds is 6. The molecule has 5 aliphatic carbocycles. The summed E-state index contributed by atoms with van der Waals surface area (Å²) in [4.78, 5) is 0. The van der Waals surface area contributed by atoms with Crippen molar-refractivity contribution >= 4 is 15.5 Å². The Hall–Kier alpha value is -1.63. The molecule has 0 spiro atoms. The Bertz CT molecular complexity index is 1040. The van der Waals surface area contributed by atoms with Crippen molar-refractivity contribution in [1.29, 1.82) is 0 Å². The summed E-state index contributed by atoms with van der Waals surface area (Å²) in [5, 5.41) is 8.36. The van der Waals surface area contributed by atoms with Gasteiger partial charge in [-0.3, -0.25) is 4.40 Å². The molecule has 5 fully saturated rings. The van der Waals surface area contributed by atoms with Crippen LogP contribution in [0.25, 0.3) is 5.65 Å². The van der Waals surface area contributed by atoms with Gasteiger partial charge >= 0.3 is 0 Å². The number of aromatic nitrogens is 3. The number of pyridine rings is 1. The highest BCUT2D eigenvalue weighted by Crippen LogP contribution is 2.60. The molecule has 6 nitrogen and oxygen atoms in total. The van der Waals surface area contributed by atoms with Crippen LogP contribution in [0.1, 0.15) is 68.7 Å². The van der Waals surface area contributed by atoms with E-state index in [4.69, 9.17) is 4.74 Å². The molecule has 2 aromatic rings. The van der Waals surface area contributed by atoms with Crippen LogP contribution in [-0.2, 0) is 15.6 Å². The molecular formula is C22H29N3O3S. The Morgan fingerprint density at radius 2 is 1.76 bits per heavy atom. The van der Waals surface area contributed by atoms with E-state index >= 15 is 0 Å². The fourth-order valence-corrected chi connectivity index (χ4v) is 7.50. The molecule has 0 aromatic carbocycles. The first-order valence-corrected chi connectivity index (χ1v) is 13.1. The molecule has 0 N–H and O–H groups in total. The Balaban J connectivity index is 1.30. The fourth-order valence-electron chi connectivity index (χ4n) is 6.84. The predicted octanol–water partition coefficient (Wildman–Crippen LogP) is 3.75. The van der Waals surface area contributed by atoms with Gasteiger partial charge in [-0.25, -0.2) is 8.42 Å². The van der Waals surface area contributed by atoms with E-state index in [2.05, 4.69) is 10.2 Å². The molecule has 5 aliphatic rings. The number of hydrogen-bond donors (Lipinski definition) is 0. The lowest BCUT2D eigenvalue weighted by Gasteiger charge is -2.56. The van der Waals surface area contributed by atoms with Crippen LogP contribution in [0, 0.1) is 23.2 Å². The Morgan fingerprint density at radius 1 is 1.10 bits per heavy atom. The zero-order valence-corrected chi connectivity index (χ0v) is 17.8. The molecule has 7 heteroatoms. The lowest BCUT2D eigenvalue weighted by Crippen LogP contribution is -2.48. The highest BCUT2D eigenvalue weighted by atomic mass is 32.2. The highest BCUT2D eigenvalue weighted by Gasteiger charge is 2.51. The largest absolute Gasteiger partial charge is 0.493 e. The summed E-state index contributed by atoms with van der Waals surface area (Å²) in [5.41, 5.74) is 2.24. The van der Waals surface area contributed by atoms with Crippen molar-refractivity contribution in [2.45, 2.75) is 63.0 Å². The summed E-state index contributed by atoms with van der Waals surface area (Å²) in [6.07, 6.45) is 14.0. The minimum atomic E-state index is -3.16. The van der Waals surface area contributed by atoms with Gasteiger partial charge in [-0.2, -0.15) is 0 Å². The average molecular weight is 416 g/mol. The third-order valence-corrected chi connectivity index (χ3v) is 8.50. The molecule has 0 saturated heterocycles. The van der Waals surface area contributed by atoms with E-state index in [1.54, 1.807) is 0 Å². The van der Waals surface area contributed by atoms with Crippen molar-refractivity contribution in [2.24, 2.45) is 23.2 Å². The van der Waals surface area contributed by atoms with E-state index in [0.717, 1.165) is 30.1 Å². The maximum Gasteiger partial charge on any atom is 0.164 e. The third kappa shape index (κ3) is 3.35. The summed E-state index contributed by atoms with van der Waals surface area (Å²) in [5.74, 6) is 4.61. The van der Waals surface area contributed by atoms with Crippen LogP contribution in [-0.4, -0.2) is 35.9 Å². The quantitative estimate of drug-likeness (QED) is 0.718. The van der Waals surface area contributed by atoms with Crippen LogP contribution < -0.4 is 4.74 Å². The third-order valence-electron chi connectivity index (χ3n) is 7.71. The van der Waals surface area contributed by atoms with Gasteiger partial charge in [0, 0.05) is 29.5 Å². The molecule has 156 valence electrons. The molecule has 0 atom stereocenters. The monoisotopic (exact) mass is 415 g/mol. The van der Waals surface area contributed by atoms with Crippen LogP contribution in [0.2, 0.25) is 0 Å². The first kappa shape index (κ1) is 18.2. The Morgan fingerprint density at radius 3 is 2.34 bits per heavy atom. The molecule has 0 radical (unpaired) electrons. The van der Waals surface area contributed by atoms with Gasteiger partial charge in [-0.1, -0.05) is 0 Å². The van der Waals surface area contributed by atoms with Gasteiger partial charge < -0.3 is 4.74 Å². The summed E-state index contributed by atoms with van der Waals surface area (Å²) >= 11 is 0. The zero-order chi connectivity index (χ0) is 19.8. The van der Waals surface area contributed by atoms with Gasteiger partial charge in [-0.15, -0.1) is 10.2 Å². The molecule has 2 aromatic heterocycles. The van der Waals surface area contributed by atoms with Gasteiger partial charge in [0.1, 0.15) is 11.5 Å². The van der Waals surface area contributed by atoms with Gasteiger partial charge in [-0.05, 0) is 75.0 Å². The molecule has 0 amide bonds. The molecule has 2 heterocycles. The highest BCUT2D eigenvalue weighted by molar-refractivity contribution is 7.89. The first-order valence-electron chi connectivity index (χ1n) is 11.0. The average Bonchev–Trinajstić information content (AvgIpc) is 3.40. The molecule has 7 rings (SSSR count). The van der Waals surface area contributed by atoms with Crippen LogP contribution >= 0.6 is 0 Å². The van der Waals surface area contributed by atoms with E-state index in [1.807, 2.05) is 16.7 Å². The predicted molar refractivity (Wildman–Crippen MR) is 110 cm³/mol. The lowest BCUT2D eigenvalue weighted by atomic mass is 9.50. The van der Waals surface area contributed by atoms with Crippen LogP contribution in [0.4, 0.5) is 0 Å². The van der Waals surface area contributed by atoms with Gasteiger partial charge in [0.2, 0.25) is 0 Å². The molecular weight excluding hydrogens is 386 g/mol. The first-order chi connectivity index (χ1) is 13.9. The molecule has 0 aliphatic heterocycles. The van der Waals surface area contributed by atoms with Crippen LogP contribution in [0.15, 0.2) is 12.3 Å². The number of sulfone groups is 1. The molecule has 0 unspecified atom stereocenters. The SMILES string of the molecule is CS(=O)(=O)Cc1nnc2cc(OCC34CC5CC(CC(C5)C3)C4)c(C3CC3)cn12.